The molecular weight excluding hydrogens is 338 g/mol. The van der Waals surface area contributed by atoms with Gasteiger partial charge in [-0.05, 0) is 28.5 Å². The number of amides is 2. The number of carbonyl (C=O) groups is 2. The standard InChI is InChI=1S/C22H17N3O2/c26-21-13-12-20(24-25-21)18-10-3-4-11-19(18)23-22(27)14-16-8-5-7-15-6-1-2-9-17(15)16/h1-13,20H,14H2,(H,23,27). The van der Waals surface area contributed by atoms with Gasteiger partial charge in [0.1, 0.15) is 6.04 Å². The molecule has 2 amide bonds. The third-order valence-corrected chi connectivity index (χ3v) is 4.49. The molecule has 0 fully saturated rings. The van der Waals surface area contributed by atoms with Gasteiger partial charge in [0.2, 0.25) is 5.91 Å². The maximum absolute atomic E-state index is 12.7. The minimum Gasteiger partial charge on any atom is -0.325 e. The third-order valence-electron chi connectivity index (χ3n) is 4.49. The molecule has 5 heteroatoms. The summed E-state index contributed by atoms with van der Waals surface area (Å²) in [7, 11) is 0. The van der Waals surface area contributed by atoms with Crippen molar-refractivity contribution >= 4 is 28.3 Å². The number of fused-ring (bicyclic) bond motifs is 1. The zero-order valence-electron chi connectivity index (χ0n) is 14.5. The van der Waals surface area contributed by atoms with Gasteiger partial charge in [0.05, 0.1) is 6.42 Å². The smallest absolute Gasteiger partial charge is 0.287 e. The summed E-state index contributed by atoms with van der Waals surface area (Å²) in [4.78, 5) is 23.9. The molecule has 0 spiro atoms. The quantitative estimate of drug-likeness (QED) is 0.742. The van der Waals surface area contributed by atoms with Crippen LogP contribution in [0, 0.1) is 0 Å². The van der Waals surface area contributed by atoms with Crippen molar-refractivity contribution in [3.63, 3.8) is 0 Å². The van der Waals surface area contributed by atoms with E-state index in [4.69, 9.17) is 0 Å². The Morgan fingerprint density at radius 1 is 0.963 bits per heavy atom. The lowest BCUT2D eigenvalue weighted by molar-refractivity contribution is -0.116. The molecule has 0 bridgehead atoms. The first-order valence-electron chi connectivity index (χ1n) is 8.69. The molecule has 0 aromatic heterocycles. The third kappa shape index (κ3) is 3.67. The van der Waals surface area contributed by atoms with Gasteiger partial charge in [-0.15, -0.1) is 5.11 Å². The number of azo groups is 1. The lowest BCUT2D eigenvalue weighted by Crippen LogP contribution is -2.16. The molecule has 1 N–H and O–H groups in total. The summed E-state index contributed by atoms with van der Waals surface area (Å²) in [5.41, 5.74) is 2.45. The van der Waals surface area contributed by atoms with E-state index in [2.05, 4.69) is 15.5 Å². The van der Waals surface area contributed by atoms with Crippen molar-refractivity contribution in [2.45, 2.75) is 12.5 Å². The molecule has 27 heavy (non-hydrogen) atoms. The Morgan fingerprint density at radius 3 is 2.59 bits per heavy atom. The molecule has 1 atom stereocenters. The van der Waals surface area contributed by atoms with Crippen LogP contribution in [0.5, 0.6) is 0 Å². The van der Waals surface area contributed by atoms with E-state index in [0.717, 1.165) is 21.9 Å². The van der Waals surface area contributed by atoms with Crippen LogP contribution in [0.15, 0.2) is 89.1 Å². The zero-order chi connectivity index (χ0) is 18.6. The summed E-state index contributed by atoms with van der Waals surface area (Å²) < 4.78 is 0. The monoisotopic (exact) mass is 355 g/mol. The van der Waals surface area contributed by atoms with E-state index in [9.17, 15) is 9.59 Å². The Morgan fingerprint density at radius 2 is 1.74 bits per heavy atom. The van der Waals surface area contributed by atoms with Crippen LogP contribution in [0.4, 0.5) is 5.69 Å². The van der Waals surface area contributed by atoms with E-state index < -0.39 is 0 Å². The van der Waals surface area contributed by atoms with E-state index >= 15 is 0 Å². The normalized spacial score (nSPS) is 15.9. The molecule has 0 aliphatic carbocycles. The molecule has 132 valence electrons. The zero-order valence-corrected chi connectivity index (χ0v) is 14.5. The second-order valence-electron chi connectivity index (χ2n) is 6.31. The van der Waals surface area contributed by atoms with Gasteiger partial charge >= 0.3 is 0 Å². The molecule has 0 saturated carbocycles. The first-order chi connectivity index (χ1) is 13.2. The number of rotatable bonds is 4. The van der Waals surface area contributed by atoms with Gasteiger partial charge in [0, 0.05) is 17.3 Å². The molecule has 1 unspecified atom stereocenters. The van der Waals surface area contributed by atoms with Gasteiger partial charge in [0.25, 0.3) is 5.91 Å². The highest BCUT2D eigenvalue weighted by Gasteiger charge is 2.17. The Hall–Kier alpha value is -3.60. The Labute approximate surface area is 156 Å². The summed E-state index contributed by atoms with van der Waals surface area (Å²) in [5, 5.41) is 12.8. The molecule has 3 aromatic carbocycles. The number of anilines is 1. The molecular formula is C22H17N3O2. The van der Waals surface area contributed by atoms with E-state index in [-0.39, 0.29) is 24.3 Å². The Bertz CT molecular complexity index is 1060. The fourth-order valence-electron chi connectivity index (χ4n) is 3.21. The SMILES string of the molecule is O=C1C=CC(c2ccccc2NC(=O)Cc2cccc3ccccc23)N=N1. The highest BCUT2D eigenvalue weighted by Crippen LogP contribution is 2.29. The molecule has 0 radical (unpaired) electrons. The van der Waals surface area contributed by atoms with E-state index in [1.54, 1.807) is 6.08 Å². The number of carbonyl (C=O) groups excluding carboxylic acids is 2. The summed E-state index contributed by atoms with van der Waals surface area (Å²) in [6.07, 6.45) is 3.35. The Kier molecular flexibility index (Phi) is 4.58. The van der Waals surface area contributed by atoms with Crippen LogP contribution < -0.4 is 5.32 Å². The average Bonchev–Trinajstić information content (AvgIpc) is 2.69. The Balaban J connectivity index is 1.56. The lowest BCUT2D eigenvalue weighted by atomic mass is 10.0. The maximum Gasteiger partial charge on any atom is 0.287 e. The van der Waals surface area contributed by atoms with E-state index in [1.807, 2.05) is 66.7 Å². The van der Waals surface area contributed by atoms with Crippen molar-refractivity contribution in [1.29, 1.82) is 0 Å². The second kappa shape index (κ2) is 7.33. The van der Waals surface area contributed by atoms with Crippen molar-refractivity contribution in [1.82, 2.24) is 0 Å². The fourth-order valence-corrected chi connectivity index (χ4v) is 3.21. The van der Waals surface area contributed by atoms with Crippen molar-refractivity contribution in [2.24, 2.45) is 10.2 Å². The van der Waals surface area contributed by atoms with Gasteiger partial charge in [0.15, 0.2) is 0 Å². The van der Waals surface area contributed by atoms with Gasteiger partial charge in [-0.25, -0.2) is 0 Å². The van der Waals surface area contributed by atoms with Crippen LogP contribution in [-0.2, 0) is 16.0 Å². The topological polar surface area (TPSA) is 70.9 Å². The van der Waals surface area contributed by atoms with Crippen LogP contribution in [0.3, 0.4) is 0 Å². The van der Waals surface area contributed by atoms with Crippen LogP contribution in [0.2, 0.25) is 0 Å². The molecule has 5 nitrogen and oxygen atoms in total. The second-order valence-corrected chi connectivity index (χ2v) is 6.31. The number of nitrogens with zero attached hydrogens (tertiary/aromatic N) is 2. The lowest BCUT2D eigenvalue weighted by Gasteiger charge is -2.15. The minimum atomic E-state index is -0.378. The molecule has 1 aliphatic rings. The van der Waals surface area contributed by atoms with Crippen LogP contribution in [-0.4, -0.2) is 11.8 Å². The summed E-state index contributed by atoms with van der Waals surface area (Å²) >= 11 is 0. The number of para-hydroxylation sites is 1. The first-order valence-corrected chi connectivity index (χ1v) is 8.69. The predicted octanol–water partition coefficient (Wildman–Crippen LogP) is 4.61. The van der Waals surface area contributed by atoms with Gasteiger partial charge < -0.3 is 5.32 Å². The highest BCUT2D eigenvalue weighted by molar-refractivity contribution is 5.97. The maximum atomic E-state index is 12.7. The molecule has 3 aromatic rings. The van der Waals surface area contributed by atoms with E-state index in [1.165, 1.54) is 6.08 Å². The van der Waals surface area contributed by atoms with E-state index in [0.29, 0.717) is 5.69 Å². The summed E-state index contributed by atoms with van der Waals surface area (Å²) in [6.45, 7) is 0. The fraction of sp³-hybridized carbons (Fsp3) is 0.0909. The number of hydrogen-bond acceptors (Lipinski definition) is 3. The van der Waals surface area contributed by atoms with Crippen molar-refractivity contribution < 1.29 is 9.59 Å². The van der Waals surface area contributed by atoms with Crippen molar-refractivity contribution in [3.8, 4) is 0 Å². The largest absolute Gasteiger partial charge is 0.325 e. The highest BCUT2D eigenvalue weighted by atomic mass is 16.2. The van der Waals surface area contributed by atoms with Crippen LogP contribution >= 0.6 is 0 Å². The molecule has 4 rings (SSSR count). The number of benzene rings is 3. The molecule has 1 heterocycles. The first kappa shape index (κ1) is 16.8. The van der Waals surface area contributed by atoms with Gasteiger partial charge in [-0.3, -0.25) is 9.59 Å². The number of hydrogen-bond donors (Lipinski definition) is 1. The van der Waals surface area contributed by atoms with Crippen LogP contribution in [0.1, 0.15) is 17.2 Å². The summed E-state index contributed by atoms with van der Waals surface area (Å²) in [6, 6.07) is 21.0. The van der Waals surface area contributed by atoms with Gasteiger partial charge in [-0.2, -0.15) is 5.11 Å². The predicted molar refractivity (Wildman–Crippen MR) is 104 cm³/mol. The molecule has 1 aliphatic heterocycles. The summed E-state index contributed by atoms with van der Waals surface area (Å²) in [5.74, 6) is -0.477. The average molecular weight is 355 g/mol. The number of nitrogens with one attached hydrogen (secondary N) is 1. The van der Waals surface area contributed by atoms with Crippen LogP contribution in [0.25, 0.3) is 10.8 Å². The van der Waals surface area contributed by atoms with Crippen molar-refractivity contribution in [2.75, 3.05) is 5.32 Å². The molecule has 0 saturated heterocycles. The van der Waals surface area contributed by atoms with Gasteiger partial charge in [-0.1, -0.05) is 60.7 Å². The minimum absolute atomic E-state index is 0.105. The van der Waals surface area contributed by atoms with Crippen molar-refractivity contribution in [3.05, 3.63) is 90.0 Å².